The van der Waals surface area contributed by atoms with Crippen molar-refractivity contribution >= 4 is 11.9 Å². The third kappa shape index (κ3) is 42.4. The Labute approximate surface area is 279 Å². The molecular weight excluding hydrogens is 628 g/mol. The van der Waals surface area contributed by atoms with E-state index in [4.69, 9.17) is 57.2 Å². The molecule has 0 spiro atoms. The molecule has 0 saturated heterocycles. The summed E-state index contributed by atoms with van der Waals surface area (Å²) in [4.78, 5) is 23.7. The van der Waals surface area contributed by atoms with E-state index in [2.05, 4.69) is 15.0 Å². The van der Waals surface area contributed by atoms with Crippen LogP contribution < -0.4 is 5.32 Å². The average Bonchev–Trinajstić information content (AvgIpc) is 3.04. The SMILES string of the molecule is CN(C)CCOCCOCCOCCOCCOCCOCCOCCOCCOCCOCCOCCNC(=O)COCC(=O)O. The summed E-state index contributed by atoms with van der Waals surface area (Å²) >= 11 is 0. The molecule has 0 fully saturated rings. The fourth-order valence-electron chi connectivity index (χ4n) is 3.09. The van der Waals surface area contributed by atoms with Crippen LogP contribution in [0.25, 0.3) is 0 Å². The molecule has 0 aliphatic heterocycles. The monoisotopic (exact) mass is 688 g/mol. The number of hydrogen-bond donors (Lipinski definition) is 2. The van der Waals surface area contributed by atoms with Crippen LogP contribution in [0.2, 0.25) is 0 Å². The van der Waals surface area contributed by atoms with Crippen LogP contribution in [-0.4, -0.2) is 208 Å². The summed E-state index contributed by atoms with van der Waals surface area (Å²) in [5, 5.41) is 11.0. The summed E-state index contributed by atoms with van der Waals surface area (Å²) in [6.45, 7) is 11.2. The van der Waals surface area contributed by atoms with E-state index in [1.54, 1.807) is 0 Å². The number of amides is 1. The van der Waals surface area contributed by atoms with Gasteiger partial charge in [-0.25, -0.2) is 4.79 Å². The molecule has 0 aromatic carbocycles. The zero-order valence-corrected chi connectivity index (χ0v) is 28.5. The summed E-state index contributed by atoms with van der Waals surface area (Å²) in [6, 6.07) is 0. The average molecular weight is 689 g/mol. The number of ether oxygens (including phenoxy) is 12. The Morgan fingerprint density at radius 1 is 0.426 bits per heavy atom. The fraction of sp³-hybridized carbons (Fsp3) is 0.933. The number of nitrogens with zero attached hydrogens (tertiary/aromatic N) is 1. The van der Waals surface area contributed by atoms with Crippen LogP contribution in [0.1, 0.15) is 0 Å². The third-order valence-corrected chi connectivity index (χ3v) is 5.43. The van der Waals surface area contributed by atoms with Crippen molar-refractivity contribution in [3.8, 4) is 0 Å². The topological polar surface area (TPSA) is 180 Å². The molecular formula is C30H60N2O15. The fourth-order valence-corrected chi connectivity index (χ4v) is 3.09. The minimum Gasteiger partial charge on any atom is -0.480 e. The number of carboxylic acids is 1. The van der Waals surface area contributed by atoms with Gasteiger partial charge in [0, 0.05) is 13.1 Å². The van der Waals surface area contributed by atoms with Gasteiger partial charge in [0.1, 0.15) is 13.2 Å². The van der Waals surface area contributed by atoms with Crippen molar-refractivity contribution in [1.82, 2.24) is 10.2 Å². The molecule has 0 bridgehead atoms. The smallest absolute Gasteiger partial charge is 0.329 e. The Kier molecular flexibility index (Phi) is 37.6. The van der Waals surface area contributed by atoms with Gasteiger partial charge < -0.3 is 72.2 Å². The molecule has 2 N–H and O–H groups in total. The Hall–Kier alpha value is -1.58. The van der Waals surface area contributed by atoms with Crippen LogP contribution in [0.5, 0.6) is 0 Å². The molecule has 0 aromatic rings. The molecule has 1 amide bonds. The normalized spacial score (nSPS) is 11.5. The number of nitrogens with one attached hydrogen (secondary N) is 1. The molecule has 280 valence electrons. The first kappa shape index (κ1) is 45.4. The highest BCUT2D eigenvalue weighted by Crippen LogP contribution is 1.87. The van der Waals surface area contributed by atoms with Crippen molar-refractivity contribution in [2.45, 2.75) is 0 Å². The van der Waals surface area contributed by atoms with E-state index in [0.29, 0.717) is 152 Å². The van der Waals surface area contributed by atoms with Gasteiger partial charge in [0.2, 0.25) is 5.91 Å². The van der Waals surface area contributed by atoms with Gasteiger partial charge in [0.25, 0.3) is 0 Å². The minimum absolute atomic E-state index is 0.301. The molecule has 0 aliphatic carbocycles. The number of hydrogen-bond acceptors (Lipinski definition) is 15. The van der Waals surface area contributed by atoms with Crippen LogP contribution in [-0.2, 0) is 66.4 Å². The highest BCUT2D eigenvalue weighted by molar-refractivity contribution is 5.77. The molecule has 0 aromatic heterocycles. The number of carboxylic acid groups (broad SMARTS) is 1. The summed E-state index contributed by atoms with van der Waals surface area (Å²) < 4.78 is 64.4. The maximum atomic E-state index is 11.4. The molecule has 0 atom stereocenters. The summed E-state index contributed by atoms with van der Waals surface area (Å²) in [7, 11) is 4.03. The lowest BCUT2D eigenvalue weighted by molar-refractivity contribution is -0.143. The van der Waals surface area contributed by atoms with Gasteiger partial charge >= 0.3 is 5.97 Å². The lowest BCUT2D eigenvalue weighted by atomic mass is 10.6. The Bertz CT molecular complexity index is 665. The molecule has 0 aliphatic rings. The first-order valence-electron chi connectivity index (χ1n) is 16.1. The lowest BCUT2D eigenvalue weighted by Crippen LogP contribution is -2.31. The van der Waals surface area contributed by atoms with Crippen LogP contribution in [0, 0.1) is 0 Å². The van der Waals surface area contributed by atoms with Gasteiger partial charge in [-0.1, -0.05) is 0 Å². The van der Waals surface area contributed by atoms with Crippen molar-refractivity contribution in [2.24, 2.45) is 0 Å². The number of carbonyl (C=O) groups excluding carboxylic acids is 1. The standard InChI is InChI=1S/C30H60N2O15/c1-32(2)4-6-37-8-10-39-12-14-41-16-18-43-20-22-45-24-26-46-25-23-44-21-19-42-17-15-40-13-11-38-9-7-36-5-3-31-29(33)27-47-28-30(34)35/h3-28H2,1-2H3,(H,31,33)(H,34,35). The largest absolute Gasteiger partial charge is 0.480 e. The summed E-state index contributed by atoms with van der Waals surface area (Å²) in [5.41, 5.74) is 0. The molecule has 47 heavy (non-hydrogen) atoms. The van der Waals surface area contributed by atoms with Crippen LogP contribution >= 0.6 is 0 Å². The first-order valence-corrected chi connectivity index (χ1v) is 16.1. The van der Waals surface area contributed by atoms with Gasteiger partial charge in [-0.2, -0.15) is 0 Å². The van der Waals surface area contributed by atoms with Crippen molar-refractivity contribution in [3.63, 3.8) is 0 Å². The highest BCUT2D eigenvalue weighted by Gasteiger charge is 2.03. The third-order valence-electron chi connectivity index (χ3n) is 5.43. The van der Waals surface area contributed by atoms with E-state index < -0.39 is 18.5 Å². The van der Waals surface area contributed by atoms with Crippen LogP contribution in [0.3, 0.4) is 0 Å². The van der Waals surface area contributed by atoms with Gasteiger partial charge in [0.05, 0.1) is 145 Å². The molecule has 0 radical (unpaired) electrons. The van der Waals surface area contributed by atoms with E-state index in [9.17, 15) is 9.59 Å². The maximum absolute atomic E-state index is 11.4. The predicted molar refractivity (Wildman–Crippen MR) is 169 cm³/mol. The molecule has 0 saturated carbocycles. The second-order valence-electron chi connectivity index (χ2n) is 9.78. The summed E-state index contributed by atoms with van der Waals surface area (Å²) in [6.07, 6.45) is 0. The Morgan fingerprint density at radius 3 is 0.979 bits per heavy atom. The zero-order chi connectivity index (χ0) is 34.3. The number of carbonyl (C=O) groups is 2. The van der Waals surface area contributed by atoms with Crippen LogP contribution in [0.4, 0.5) is 0 Å². The van der Waals surface area contributed by atoms with Crippen molar-refractivity contribution in [3.05, 3.63) is 0 Å². The lowest BCUT2D eigenvalue weighted by Gasteiger charge is -2.10. The second-order valence-corrected chi connectivity index (χ2v) is 9.78. The molecule has 0 unspecified atom stereocenters. The molecule has 17 heteroatoms. The molecule has 17 nitrogen and oxygen atoms in total. The van der Waals surface area contributed by atoms with Crippen molar-refractivity contribution in [2.75, 3.05) is 186 Å². The van der Waals surface area contributed by atoms with Crippen molar-refractivity contribution < 1.29 is 71.5 Å². The van der Waals surface area contributed by atoms with E-state index in [1.165, 1.54) is 0 Å². The number of likely N-dealkylation sites (N-methyl/N-ethyl adjacent to an activating group) is 1. The number of aliphatic carboxylic acids is 1. The van der Waals surface area contributed by atoms with Gasteiger partial charge in [-0.05, 0) is 14.1 Å². The zero-order valence-electron chi connectivity index (χ0n) is 28.5. The summed E-state index contributed by atoms with van der Waals surface area (Å²) in [5.74, 6) is -1.52. The van der Waals surface area contributed by atoms with Gasteiger partial charge in [-0.3, -0.25) is 4.79 Å². The predicted octanol–water partition coefficient (Wildman–Crippen LogP) is -1.05. The van der Waals surface area contributed by atoms with Crippen molar-refractivity contribution in [1.29, 1.82) is 0 Å². The van der Waals surface area contributed by atoms with E-state index >= 15 is 0 Å². The Morgan fingerprint density at radius 2 is 0.702 bits per heavy atom. The first-order chi connectivity index (χ1) is 23.0. The number of rotatable bonds is 40. The Balaban J connectivity index is 3.09. The molecule has 0 rings (SSSR count). The second kappa shape index (κ2) is 38.9. The van der Waals surface area contributed by atoms with Gasteiger partial charge in [-0.15, -0.1) is 0 Å². The maximum Gasteiger partial charge on any atom is 0.329 e. The van der Waals surface area contributed by atoms with Gasteiger partial charge in [0.15, 0.2) is 0 Å². The quantitative estimate of drug-likeness (QED) is 0.0744. The molecule has 0 heterocycles. The van der Waals surface area contributed by atoms with E-state index in [-0.39, 0.29) is 6.61 Å². The van der Waals surface area contributed by atoms with E-state index in [1.807, 2.05) is 14.1 Å². The van der Waals surface area contributed by atoms with E-state index in [0.717, 1.165) is 6.54 Å². The minimum atomic E-state index is -1.12. The highest BCUT2D eigenvalue weighted by atomic mass is 16.6. The van der Waals surface area contributed by atoms with Crippen LogP contribution in [0.15, 0.2) is 0 Å².